The maximum absolute atomic E-state index is 13.8. The molecule has 1 atom stereocenters. The van der Waals surface area contributed by atoms with Crippen molar-refractivity contribution in [1.82, 2.24) is 19.9 Å². The van der Waals surface area contributed by atoms with Crippen LogP contribution in [-0.4, -0.2) is 58.4 Å². The number of alkyl halides is 5. The molecule has 2 N–H and O–H groups in total. The van der Waals surface area contributed by atoms with Crippen LogP contribution in [-0.2, 0) is 5.92 Å². The van der Waals surface area contributed by atoms with E-state index in [2.05, 4.69) is 32.0 Å². The summed E-state index contributed by atoms with van der Waals surface area (Å²) in [7, 11) is 0. The van der Waals surface area contributed by atoms with Crippen LogP contribution in [0.15, 0.2) is 48.7 Å². The van der Waals surface area contributed by atoms with Gasteiger partial charge in [-0.2, -0.15) is 22.0 Å². The molecular weight excluding hydrogens is 483 g/mol. The number of nitrogens with one attached hydrogen (secondary N) is 2. The molecule has 0 saturated heterocycles. The highest BCUT2D eigenvalue weighted by molar-refractivity contribution is 5.92. The molecule has 0 amide bonds. The molecule has 6 nitrogen and oxygen atoms in total. The zero-order valence-electron chi connectivity index (χ0n) is 18.8. The molecule has 6 rings (SSSR count). The Morgan fingerprint density at radius 1 is 1.06 bits per heavy atom. The van der Waals surface area contributed by atoms with Crippen molar-refractivity contribution in [1.29, 1.82) is 0 Å². The number of hydrogen-bond donors (Lipinski definition) is 2. The Balaban J connectivity index is 1.18. The van der Waals surface area contributed by atoms with Crippen molar-refractivity contribution < 1.29 is 31.4 Å². The largest absolute Gasteiger partial charge is 0.486 e. The summed E-state index contributed by atoms with van der Waals surface area (Å²) in [6, 6.07) is 10.9. The summed E-state index contributed by atoms with van der Waals surface area (Å²) in [5, 5.41) is 1.18. The second kappa shape index (κ2) is 8.22. The van der Waals surface area contributed by atoms with E-state index in [1.807, 2.05) is 24.4 Å². The first-order valence-corrected chi connectivity index (χ1v) is 11.5. The zero-order valence-corrected chi connectivity index (χ0v) is 18.8. The lowest BCUT2D eigenvalue weighted by Gasteiger charge is -2.32. The van der Waals surface area contributed by atoms with E-state index in [0.717, 1.165) is 18.5 Å². The van der Waals surface area contributed by atoms with E-state index in [1.165, 1.54) is 28.7 Å². The average Bonchev–Trinajstić information content (AvgIpc) is 3.49. The number of hydrogen-bond acceptors (Lipinski definition) is 4. The van der Waals surface area contributed by atoms with Gasteiger partial charge in [0.15, 0.2) is 17.3 Å². The van der Waals surface area contributed by atoms with Crippen LogP contribution < -0.4 is 9.47 Å². The Morgan fingerprint density at radius 2 is 1.89 bits per heavy atom. The minimum atomic E-state index is -5.77. The minimum absolute atomic E-state index is 0.0150. The number of aromatic amines is 2. The number of aromatic nitrogens is 3. The summed E-state index contributed by atoms with van der Waals surface area (Å²) >= 11 is 0. The molecule has 2 aromatic carbocycles. The first-order valence-electron chi connectivity index (χ1n) is 11.5. The molecule has 2 aliphatic rings. The number of fused-ring (bicyclic) bond motifs is 4. The lowest BCUT2D eigenvalue weighted by Crippen LogP contribution is -2.42. The van der Waals surface area contributed by atoms with Crippen molar-refractivity contribution in [2.24, 2.45) is 0 Å². The third-order valence-electron chi connectivity index (χ3n) is 6.63. The highest BCUT2D eigenvalue weighted by Gasteiger charge is 2.61. The SMILES string of the molecule is FC(F)(F)C(F)(F)c1nc2c3c(ccc2[nH]1)OCC(CN1CC=C(c2c[nH]c4ccccc24)CC1)O3. The van der Waals surface area contributed by atoms with Crippen LogP contribution in [0.4, 0.5) is 22.0 Å². The second-order valence-electron chi connectivity index (χ2n) is 8.98. The second-order valence-corrected chi connectivity index (χ2v) is 8.98. The number of H-pyrrole nitrogens is 2. The van der Waals surface area contributed by atoms with E-state index in [-0.39, 0.29) is 29.1 Å². The summed E-state index contributed by atoms with van der Waals surface area (Å²) in [5.41, 5.74) is 3.43. The number of halogens is 5. The average molecular weight is 504 g/mol. The summed E-state index contributed by atoms with van der Waals surface area (Å²) in [4.78, 5) is 11.1. The summed E-state index contributed by atoms with van der Waals surface area (Å²) in [6.45, 7) is 2.20. The third kappa shape index (κ3) is 3.78. The number of ether oxygens (including phenoxy) is 2. The normalized spacial score (nSPS) is 19.1. The van der Waals surface area contributed by atoms with Crippen molar-refractivity contribution in [2.75, 3.05) is 26.2 Å². The fourth-order valence-electron chi connectivity index (χ4n) is 4.76. The van der Waals surface area contributed by atoms with Crippen LogP contribution in [0, 0.1) is 0 Å². The summed E-state index contributed by atoms with van der Waals surface area (Å²) < 4.78 is 77.9. The van der Waals surface area contributed by atoms with Crippen LogP contribution >= 0.6 is 0 Å². The third-order valence-corrected chi connectivity index (χ3v) is 6.63. The fourth-order valence-corrected chi connectivity index (χ4v) is 4.76. The first kappa shape index (κ1) is 22.8. The Labute approximate surface area is 201 Å². The minimum Gasteiger partial charge on any atom is -0.486 e. The lowest BCUT2D eigenvalue weighted by atomic mass is 9.99. The number of para-hydroxylation sites is 1. The van der Waals surface area contributed by atoms with Crippen LogP contribution in [0.25, 0.3) is 27.5 Å². The molecular formula is C25H21F5N4O2. The maximum atomic E-state index is 13.8. The predicted octanol–water partition coefficient (Wildman–Crippen LogP) is 5.63. The Hall–Kier alpha value is -3.60. The van der Waals surface area contributed by atoms with Gasteiger partial charge in [0, 0.05) is 42.3 Å². The molecule has 0 radical (unpaired) electrons. The van der Waals surface area contributed by atoms with Gasteiger partial charge in [0.2, 0.25) is 0 Å². The van der Waals surface area contributed by atoms with Crippen molar-refractivity contribution >= 4 is 27.5 Å². The molecule has 36 heavy (non-hydrogen) atoms. The Kier molecular flexibility index (Phi) is 5.22. The summed E-state index contributed by atoms with van der Waals surface area (Å²) in [6.07, 6.45) is -1.17. The summed E-state index contributed by atoms with van der Waals surface area (Å²) in [5.74, 6) is -6.27. The molecule has 1 unspecified atom stereocenters. The molecule has 0 spiro atoms. The molecule has 0 fully saturated rings. The van der Waals surface area contributed by atoms with Crippen LogP contribution in [0.3, 0.4) is 0 Å². The molecule has 2 aromatic heterocycles. The van der Waals surface area contributed by atoms with Gasteiger partial charge in [-0.3, -0.25) is 4.90 Å². The van der Waals surface area contributed by atoms with Gasteiger partial charge in [-0.1, -0.05) is 24.3 Å². The van der Waals surface area contributed by atoms with Gasteiger partial charge in [-0.25, -0.2) is 4.98 Å². The quantitative estimate of drug-likeness (QED) is 0.354. The van der Waals surface area contributed by atoms with Gasteiger partial charge in [0.25, 0.3) is 0 Å². The molecule has 0 aliphatic carbocycles. The number of rotatable bonds is 4. The predicted molar refractivity (Wildman–Crippen MR) is 123 cm³/mol. The van der Waals surface area contributed by atoms with E-state index in [1.54, 1.807) is 0 Å². The number of nitrogens with zero attached hydrogens (tertiary/aromatic N) is 2. The standard InChI is InChI=1S/C25H21F5N4O2/c26-24(27,25(28,29)30)23-32-19-5-6-20-22(21(19)33-23)36-15(13-35-20)12-34-9-7-14(8-10-34)17-11-31-18-4-2-1-3-16(17)18/h1-7,11,15,31H,8-10,12-13H2,(H,32,33). The van der Waals surface area contributed by atoms with Gasteiger partial charge in [-0.15, -0.1) is 0 Å². The van der Waals surface area contributed by atoms with Crippen LogP contribution in [0.1, 0.15) is 17.8 Å². The topological polar surface area (TPSA) is 66.2 Å². The number of benzene rings is 2. The molecule has 188 valence electrons. The smallest absolute Gasteiger partial charge is 0.461 e. The maximum Gasteiger partial charge on any atom is 0.461 e. The van der Waals surface area contributed by atoms with E-state index in [0.29, 0.717) is 13.1 Å². The Morgan fingerprint density at radius 3 is 2.67 bits per heavy atom. The fraction of sp³-hybridized carbons (Fsp3) is 0.320. The van der Waals surface area contributed by atoms with E-state index in [9.17, 15) is 22.0 Å². The highest BCUT2D eigenvalue weighted by atomic mass is 19.4. The molecule has 0 saturated carbocycles. The monoisotopic (exact) mass is 504 g/mol. The van der Waals surface area contributed by atoms with Gasteiger partial charge in [-0.05, 0) is 30.2 Å². The van der Waals surface area contributed by atoms with E-state index in [4.69, 9.17) is 9.47 Å². The van der Waals surface area contributed by atoms with Gasteiger partial charge < -0.3 is 19.4 Å². The van der Waals surface area contributed by atoms with Crippen LogP contribution in [0.5, 0.6) is 11.5 Å². The molecule has 4 aromatic rings. The van der Waals surface area contributed by atoms with Crippen LogP contribution in [0.2, 0.25) is 0 Å². The van der Waals surface area contributed by atoms with Gasteiger partial charge >= 0.3 is 12.1 Å². The molecule has 4 heterocycles. The van der Waals surface area contributed by atoms with Crippen molar-refractivity contribution in [3.8, 4) is 11.5 Å². The van der Waals surface area contributed by atoms with Gasteiger partial charge in [0.05, 0.1) is 5.52 Å². The molecule has 2 aliphatic heterocycles. The lowest BCUT2D eigenvalue weighted by molar-refractivity contribution is -0.292. The molecule has 0 bridgehead atoms. The van der Waals surface area contributed by atoms with Crippen molar-refractivity contribution in [3.05, 3.63) is 60.1 Å². The Bertz CT molecular complexity index is 1470. The van der Waals surface area contributed by atoms with Crippen molar-refractivity contribution in [2.45, 2.75) is 24.6 Å². The van der Waals surface area contributed by atoms with E-state index < -0.39 is 24.0 Å². The highest BCUT2D eigenvalue weighted by Crippen LogP contribution is 2.45. The van der Waals surface area contributed by atoms with Crippen molar-refractivity contribution in [3.63, 3.8) is 0 Å². The van der Waals surface area contributed by atoms with Gasteiger partial charge in [0.1, 0.15) is 18.2 Å². The van der Waals surface area contributed by atoms with E-state index >= 15 is 0 Å². The molecule has 11 heteroatoms. The first-order chi connectivity index (χ1) is 17.2. The zero-order chi connectivity index (χ0) is 25.1. The number of imidazole rings is 1.